The van der Waals surface area contributed by atoms with Crippen LogP contribution >= 0.6 is 0 Å². The zero-order chi connectivity index (χ0) is 14.8. The lowest BCUT2D eigenvalue weighted by Crippen LogP contribution is -2.22. The van der Waals surface area contributed by atoms with Crippen LogP contribution in [0.3, 0.4) is 0 Å². The average Bonchev–Trinajstić information content (AvgIpc) is 2.85. The molecule has 3 rings (SSSR count). The summed E-state index contributed by atoms with van der Waals surface area (Å²) in [6, 6.07) is 13.6. The average molecular weight is 282 g/mol. The van der Waals surface area contributed by atoms with Crippen molar-refractivity contribution in [3.05, 3.63) is 42.5 Å². The smallest absolute Gasteiger partial charge is 0.227 e. The molecule has 0 aliphatic rings. The van der Waals surface area contributed by atoms with Gasteiger partial charge in [-0.1, -0.05) is 25.1 Å². The van der Waals surface area contributed by atoms with E-state index in [1.807, 2.05) is 49.4 Å². The predicted molar refractivity (Wildman–Crippen MR) is 85.2 cm³/mol. The van der Waals surface area contributed by atoms with Gasteiger partial charge in [-0.25, -0.2) is 0 Å². The lowest BCUT2D eigenvalue weighted by molar-refractivity contribution is -0.119. The van der Waals surface area contributed by atoms with E-state index in [9.17, 15) is 4.79 Å². The van der Waals surface area contributed by atoms with Crippen molar-refractivity contribution in [3.8, 4) is 0 Å². The maximum absolute atomic E-state index is 12.1. The van der Waals surface area contributed by atoms with Crippen LogP contribution in [0.4, 0.5) is 5.69 Å². The molecule has 1 atom stereocenters. The number of benzene rings is 2. The van der Waals surface area contributed by atoms with E-state index in [0.29, 0.717) is 13.0 Å². The number of nitrogens with one attached hydrogen (secondary N) is 1. The van der Waals surface area contributed by atoms with E-state index in [0.717, 1.165) is 27.6 Å². The SMILES string of the molecule is CC(CCN)C(=O)Nc1ccc2oc3ccccc3c2c1. The Balaban J connectivity index is 1.93. The third-order valence-corrected chi connectivity index (χ3v) is 3.69. The van der Waals surface area contributed by atoms with E-state index in [1.165, 1.54) is 0 Å². The number of nitrogens with two attached hydrogens (primary N) is 1. The number of anilines is 1. The van der Waals surface area contributed by atoms with Gasteiger partial charge in [0.25, 0.3) is 0 Å². The maximum atomic E-state index is 12.1. The monoisotopic (exact) mass is 282 g/mol. The van der Waals surface area contributed by atoms with Gasteiger partial charge in [-0.2, -0.15) is 0 Å². The Morgan fingerprint density at radius 3 is 2.76 bits per heavy atom. The third kappa shape index (κ3) is 2.62. The van der Waals surface area contributed by atoms with Crippen molar-refractivity contribution in [2.24, 2.45) is 11.7 Å². The number of hydrogen-bond acceptors (Lipinski definition) is 3. The van der Waals surface area contributed by atoms with E-state index in [1.54, 1.807) is 0 Å². The Morgan fingerprint density at radius 1 is 1.19 bits per heavy atom. The largest absolute Gasteiger partial charge is 0.456 e. The first-order valence-electron chi connectivity index (χ1n) is 7.11. The zero-order valence-electron chi connectivity index (χ0n) is 11.9. The second-order valence-electron chi connectivity index (χ2n) is 5.28. The number of hydrogen-bond donors (Lipinski definition) is 2. The lowest BCUT2D eigenvalue weighted by Gasteiger charge is -2.10. The molecule has 1 heterocycles. The first-order chi connectivity index (χ1) is 10.2. The fraction of sp³-hybridized carbons (Fsp3) is 0.235. The van der Waals surface area contributed by atoms with Gasteiger partial charge in [-0.3, -0.25) is 4.79 Å². The Bertz CT molecular complexity index is 792. The molecule has 21 heavy (non-hydrogen) atoms. The molecule has 3 aromatic rings. The fourth-order valence-electron chi connectivity index (χ4n) is 2.45. The minimum absolute atomic E-state index is 0.00685. The van der Waals surface area contributed by atoms with Crippen LogP contribution in [0.15, 0.2) is 46.9 Å². The minimum atomic E-state index is -0.0909. The summed E-state index contributed by atoms with van der Waals surface area (Å²) >= 11 is 0. The molecule has 0 spiro atoms. The van der Waals surface area contributed by atoms with Gasteiger partial charge in [0.05, 0.1) is 0 Å². The second-order valence-corrected chi connectivity index (χ2v) is 5.28. The molecule has 1 aromatic heterocycles. The number of carbonyl (C=O) groups is 1. The first kappa shape index (κ1) is 13.6. The van der Waals surface area contributed by atoms with Crippen LogP contribution in [0, 0.1) is 5.92 Å². The Kier molecular flexibility index (Phi) is 3.62. The van der Waals surface area contributed by atoms with Crippen LogP contribution in [-0.4, -0.2) is 12.5 Å². The van der Waals surface area contributed by atoms with Crippen molar-refractivity contribution in [3.63, 3.8) is 0 Å². The molecule has 0 bridgehead atoms. The van der Waals surface area contributed by atoms with E-state index in [4.69, 9.17) is 10.2 Å². The van der Waals surface area contributed by atoms with Gasteiger partial charge in [-0.05, 0) is 37.2 Å². The summed E-state index contributed by atoms with van der Waals surface area (Å²) in [7, 11) is 0. The molecule has 0 saturated carbocycles. The molecule has 1 unspecified atom stereocenters. The molecule has 2 aromatic carbocycles. The highest BCUT2D eigenvalue weighted by Crippen LogP contribution is 2.30. The molecule has 3 N–H and O–H groups in total. The third-order valence-electron chi connectivity index (χ3n) is 3.69. The van der Waals surface area contributed by atoms with Crippen molar-refractivity contribution in [1.82, 2.24) is 0 Å². The maximum Gasteiger partial charge on any atom is 0.227 e. The summed E-state index contributed by atoms with van der Waals surface area (Å²) in [5.74, 6) is -0.0978. The van der Waals surface area contributed by atoms with Crippen molar-refractivity contribution in [2.45, 2.75) is 13.3 Å². The van der Waals surface area contributed by atoms with E-state index in [2.05, 4.69) is 5.32 Å². The molecule has 0 radical (unpaired) electrons. The zero-order valence-corrected chi connectivity index (χ0v) is 11.9. The quantitative estimate of drug-likeness (QED) is 0.769. The number of para-hydroxylation sites is 1. The van der Waals surface area contributed by atoms with Crippen LogP contribution in [0.2, 0.25) is 0 Å². The van der Waals surface area contributed by atoms with E-state index < -0.39 is 0 Å². The summed E-state index contributed by atoms with van der Waals surface area (Å²) in [6.07, 6.45) is 0.683. The van der Waals surface area contributed by atoms with Gasteiger partial charge in [0.1, 0.15) is 11.2 Å². The Morgan fingerprint density at radius 2 is 1.95 bits per heavy atom. The van der Waals surface area contributed by atoms with Gasteiger partial charge < -0.3 is 15.5 Å². The molecule has 0 aliphatic carbocycles. The van der Waals surface area contributed by atoms with Crippen LogP contribution in [0.25, 0.3) is 21.9 Å². The highest BCUT2D eigenvalue weighted by molar-refractivity contribution is 6.07. The summed E-state index contributed by atoms with van der Waals surface area (Å²) in [5, 5.41) is 5.00. The molecular formula is C17H18N2O2. The van der Waals surface area contributed by atoms with Gasteiger partial charge in [-0.15, -0.1) is 0 Å². The van der Waals surface area contributed by atoms with E-state index in [-0.39, 0.29) is 11.8 Å². The number of furan rings is 1. The molecule has 1 amide bonds. The Labute approximate surface area is 122 Å². The van der Waals surface area contributed by atoms with Crippen molar-refractivity contribution >= 4 is 33.5 Å². The highest BCUT2D eigenvalue weighted by Gasteiger charge is 2.13. The van der Waals surface area contributed by atoms with Gasteiger partial charge in [0.2, 0.25) is 5.91 Å². The van der Waals surface area contributed by atoms with Gasteiger partial charge in [0, 0.05) is 22.4 Å². The van der Waals surface area contributed by atoms with Crippen LogP contribution < -0.4 is 11.1 Å². The number of amides is 1. The molecule has 4 nitrogen and oxygen atoms in total. The first-order valence-corrected chi connectivity index (χ1v) is 7.11. The number of carbonyl (C=O) groups excluding carboxylic acids is 1. The molecule has 0 aliphatic heterocycles. The molecule has 108 valence electrons. The Hall–Kier alpha value is -2.33. The summed E-state index contributed by atoms with van der Waals surface area (Å²) < 4.78 is 5.77. The second kappa shape index (κ2) is 5.58. The highest BCUT2D eigenvalue weighted by atomic mass is 16.3. The van der Waals surface area contributed by atoms with Crippen LogP contribution in [-0.2, 0) is 4.79 Å². The van der Waals surface area contributed by atoms with Crippen molar-refractivity contribution < 1.29 is 9.21 Å². The summed E-state index contributed by atoms with van der Waals surface area (Å²) in [6.45, 7) is 2.40. The number of rotatable bonds is 4. The van der Waals surface area contributed by atoms with E-state index >= 15 is 0 Å². The molecule has 4 heteroatoms. The van der Waals surface area contributed by atoms with Crippen LogP contribution in [0.1, 0.15) is 13.3 Å². The predicted octanol–water partition coefficient (Wildman–Crippen LogP) is 3.51. The topological polar surface area (TPSA) is 68.3 Å². The number of fused-ring (bicyclic) bond motifs is 3. The molecule has 0 fully saturated rings. The van der Waals surface area contributed by atoms with Crippen LogP contribution in [0.5, 0.6) is 0 Å². The summed E-state index contributed by atoms with van der Waals surface area (Å²) in [5.41, 5.74) is 7.95. The standard InChI is InChI=1S/C17H18N2O2/c1-11(8-9-18)17(20)19-12-6-7-16-14(10-12)13-4-2-3-5-15(13)21-16/h2-7,10-11H,8-9,18H2,1H3,(H,19,20). The van der Waals surface area contributed by atoms with Crippen molar-refractivity contribution in [2.75, 3.05) is 11.9 Å². The van der Waals surface area contributed by atoms with Gasteiger partial charge >= 0.3 is 0 Å². The molecule has 0 saturated heterocycles. The molecular weight excluding hydrogens is 264 g/mol. The minimum Gasteiger partial charge on any atom is -0.456 e. The van der Waals surface area contributed by atoms with Crippen molar-refractivity contribution in [1.29, 1.82) is 0 Å². The van der Waals surface area contributed by atoms with Gasteiger partial charge in [0.15, 0.2) is 0 Å². The normalized spacial score (nSPS) is 12.7. The lowest BCUT2D eigenvalue weighted by atomic mass is 10.1. The fourth-order valence-corrected chi connectivity index (χ4v) is 2.45. The summed E-state index contributed by atoms with van der Waals surface area (Å²) in [4.78, 5) is 12.1.